The summed E-state index contributed by atoms with van der Waals surface area (Å²) in [5.74, 6) is 0.0472. The average Bonchev–Trinajstić information content (AvgIpc) is 3.32. The number of halogens is 1. The second kappa shape index (κ2) is 8.64. The zero-order valence-corrected chi connectivity index (χ0v) is 22.3. The van der Waals surface area contributed by atoms with Gasteiger partial charge in [-0.25, -0.2) is 0 Å². The van der Waals surface area contributed by atoms with Gasteiger partial charge < -0.3 is 0 Å². The first-order chi connectivity index (χ1) is 19.7. The van der Waals surface area contributed by atoms with Crippen molar-refractivity contribution in [3.8, 4) is 33.4 Å². The van der Waals surface area contributed by atoms with Gasteiger partial charge in [0, 0.05) is 16.1 Å². The molecule has 0 heterocycles. The van der Waals surface area contributed by atoms with E-state index in [2.05, 4.69) is 84.9 Å². The van der Waals surface area contributed by atoms with E-state index in [0.717, 1.165) is 66.8 Å². The van der Waals surface area contributed by atoms with Crippen LogP contribution in [0.1, 0.15) is 38.2 Å². The van der Waals surface area contributed by atoms with Crippen molar-refractivity contribution >= 4 is 17.4 Å². The number of benzene rings is 6. The summed E-state index contributed by atoms with van der Waals surface area (Å²) in [7, 11) is 0. The Bertz CT molecular complexity index is 1970. The number of rotatable bonds is 2. The van der Waals surface area contributed by atoms with Gasteiger partial charge in [-0.3, -0.25) is 4.79 Å². The van der Waals surface area contributed by atoms with Crippen molar-refractivity contribution in [3.63, 3.8) is 0 Å². The summed E-state index contributed by atoms with van der Waals surface area (Å²) in [6.45, 7) is 0. The maximum atomic E-state index is 14.4. The molecule has 0 fully saturated rings. The van der Waals surface area contributed by atoms with Crippen molar-refractivity contribution in [2.24, 2.45) is 0 Å². The largest absolute Gasteiger partial charge is 0.289 e. The standard InChI is InChI=1S/C38H23ClO/c39-35-17-9-15-29-28-14-7-8-16-32(28)38(36(29)35)33-21-19-26(24-10-3-1-4-11-24)22-31(33)37(40)30-20-18-27(23-34(30)38)25-12-5-2-6-13-25/h1-23H. The van der Waals surface area contributed by atoms with Crippen molar-refractivity contribution in [2.45, 2.75) is 5.41 Å². The minimum atomic E-state index is -0.719. The molecule has 1 unspecified atom stereocenters. The molecule has 1 nitrogen and oxygen atoms in total. The van der Waals surface area contributed by atoms with Gasteiger partial charge >= 0.3 is 0 Å². The normalized spacial score (nSPS) is 16.3. The summed E-state index contributed by atoms with van der Waals surface area (Å²) in [5.41, 5.74) is 11.5. The van der Waals surface area contributed by atoms with E-state index in [1.165, 1.54) is 0 Å². The summed E-state index contributed by atoms with van der Waals surface area (Å²) in [4.78, 5) is 14.4. The molecule has 40 heavy (non-hydrogen) atoms. The summed E-state index contributed by atoms with van der Waals surface area (Å²) >= 11 is 7.15. The van der Waals surface area contributed by atoms with Crippen LogP contribution in [0.3, 0.4) is 0 Å². The molecule has 8 rings (SSSR count). The number of fused-ring (bicyclic) bond motifs is 9. The first-order valence-electron chi connectivity index (χ1n) is 13.5. The zero-order valence-electron chi connectivity index (χ0n) is 21.6. The van der Waals surface area contributed by atoms with Crippen molar-refractivity contribution in [2.75, 3.05) is 0 Å². The van der Waals surface area contributed by atoms with E-state index >= 15 is 0 Å². The Morgan fingerprint density at radius 1 is 0.425 bits per heavy atom. The van der Waals surface area contributed by atoms with Crippen LogP contribution in [0.25, 0.3) is 33.4 Å². The molecule has 0 bridgehead atoms. The fraction of sp³-hybridized carbons (Fsp3) is 0.0263. The number of carbonyl (C=O) groups excluding carboxylic acids is 1. The monoisotopic (exact) mass is 530 g/mol. The second-order valence-electron chi connectivity index (χ2n) is 10.5. The first kappa shape index (κ1) is 23.2. The quantitative estimate of drug-likeness (QED) is 0.217. The van der Waals surface area contributed by atoms with E-state index in [0.29, 0.717) is 5.02 Å². The molecule has 6 aromatic carbocycles. The van der Waals surface area contributed by atoms with Crippen LogP contribution in [0.15, 0.2) is 140 Å². The summed E-state index contributed by atoms with van der Waals surface area (Å²) in [6.07, 6.45) is 0. The molecule has 0 amide bonds. The lowest BCUT2D eigenvalue weighted by atomic mass is 9.60. The van der Waals surface area contributed by atoms with E-state index in [1.54, 1.807) is 0 Å². The summed E-state index contributed by atoms with van der Waals surface area (Å²) < 4.78 is 0. The van der Waals surface area contributed by atoms with Crippen LogP contribution in [0, 0.1) is 0 Å². The highest BCUT2D eigenvalue weighted by molar-refractivity contribution is 6.32. The number of carbonyl (C=O) groups is 1. The fourth-order valence-electron chi connectivity index (χ4n) is 6.89. The molecule has 1 spiro atoms. The minimum Gasteiger partial charge on any atom is -0.289 e. The lowest BCUT2D eigenvalue weighted by Crippen LogP contribution is -2.36. The van der Waals surface area contributed by atoms with Gasteiger partial charge in [-0.1, -0.05) is 133 Å². The average molecular weight is 531 g/mol. The van der Waals surface area contributed by atoms with Crippen LogP contribution < -0.4 is 0 Å². The van der Waals surface area contributed by atoms with Gasteiger partial charge in [0.25, 0.3) is 0 Å². The van der Waals surface area contributed by atoms with E-state index in [4.69, 9.17) is 11.6 Å². The van der Waals surface area contributed by atoms with Crippen LogP contribution >= 0.6 is 11.6 Å². The summed E-state index contributed by atoms with van der Waals surface area (Å²) in [6, 6.07) is 48.0. The molecule has 188 valence electrons. The molecular formula is C38H23ClO. The Balaban J connectivity index is 1.52. The van der Waals surface area contributed by atoms with E-state index in [-0.39, 0.29) is 5.78 Å². The smallest absolute Gasteiger partial charge is 0.193 e. The SMILES string of the molecule is O=C1c2cc(-c3ccccc3)ccc2C2(c3cc(-c4ccccc4)ccc31)c1ccccc1-c1cccc(Cl)c12. The Kier molecular flexibility index (Phi) is 5.01. The minimum absolute atomic E-state index is 0.0472. The molecule has 0 radical (unpaired) electrons. The highest BCUT2D eigenvalue weighted by Crippen LogP contribution is 2.61. The molecule has 6 aromatic rings. The molecule has 2 aliphatic carbocycles. The van der Waals surface area contributed by atoms with Crippen molar-refractivity contribution < 1.29 is 4.79 Å². The lowest BCUT2D eigenvalue weighted by molar-refractivity contribution is 0.103. The van der Waals surface area contributed by atoms with Gasteiger partial charge in [0.1, 0.15) is 0 Å². The second-order valence-corrected chi connectivity index (χ2v) is 10.9. The van der Waals surface area contributed by atoms with E-state index < -0.39 is 5.41 Å². The Morgan fingerprint density at radius 2 is 1.02 bits per heavy atom. The van der Waals surface area contributed by atoms with Gasteiger partial charge in [0.2, 0.25) is 0 Å². The van der Waals surface area contributed by atoms with Crippen LogP contribution in [0.2, 0.25) is 5.02 Å². The van der Waals surface area contributed by atoms with Crippen LogP contribution in [0.4, 0.5) is 0 Å². The Labute approximate surface area is 238 Å². The molecule has 0 aliphatic heterocycles. The topological polar surface area (TPSA) is 17.1 Å². The Hall–Kier alpha value is -4.72. The molecular weight excluding hydrogens is 508 g/mol. The molecule has 2 heteroatoms. The van der Waals surface area contributed by atoms with Crippen LogP contribution in [-0.4, -0.2) is 5.78 Å². The third kappa shape index (κ3) is 3.07. The van der Waals surface area contributed by atoms with Gasteiger partial charge in [0.15, 0.2) is 5.78 Å². The highest BCUT2D eigenvalue weighted by Gasteiger charge is 2.52. The van der Waals surface area contributed by atoms with E-state index in [1.807, 2.05) is 54.6 Å². The lowest BCUT2D eigenvalue weighted by Gasteiger charge is -2.40. The van der Waals surface area contributed by atoms with Gasteiger partial charge in [-0.05, 0) is 73.8 Å². The van der Waals surface area contributed by atoms with Crippen molar-refractivity contribution in [3.05, 3.63) is 178 Å². The predicted molar refractivity (Wildman–Crippen MR) is 163 cm³/mol. The number of hydrogen-bond donors (Lipinski definition) is 0. The van der Waals surface area contributed by atoms with Crippen LogP contribution in [0.5, 0.6) is 0 Å². The number of ketones is 1. The van der Waals surface area contributed by atoms with Gasteiger partial charge in [-0.2, -0.15) is 0 Å². The molecule has 0 N–H and O–H groups in total. The highest BCUT2D eigenvalue weighted by atomic mass is 35.5. The third-order valence-electron chi connectivity index (χ3n) is 8.56. The maximum absolute atomic E-state index is 14.4. The van der Waals surface area contributed by atoms with Crippen molar-refractivity contribution in [1.29, 1.82) is 0 Å². The first-order valence-corrected chi connectivity index (χ1v) is 13.9. The van der Waals surface area contributed by atoms with E-state index in [9.17, 15) is 4.79 Å². The van der Waals surface area contributed by atoms with Crippen molar-refractivity contribution in [1.82, 2.24) is 0 Å². The zero-order chi connectivity index (χ0) is 26.8. The molecule has 2 aliphatic rings. The molecule has 0 aromatic heterocycles. The molecule has 0 saturated carbocycles. The van der Waals surface area contributed by atoms with Gasteiger partial charge in [0.05, 0.1) is 5.41 Å². The Morgan fingerprint density at radius 3 is 1.77 bits per heavy atom. The third-order valence-corrected chi connectivity index (χ3v) is 8.88. The van der Waals surface area contributed by atoms with Gasteiger partial charge in [-0.15, -0.1) is 0 Å². The number of hydrogen-bond acceptors (Lipinski definition) is 1. The molecule has 0 saturated heterocycles. The predicted octanol–water partition coefficient (Wildman–Crippen LogP) is 9.58. The van der Waals surface area contributed by atoms with Crippen LogP contribution in [-0.2, 0) is 5.41 Å². The maximum Gasteiger partial charge on any atom is 0.193 e. The summed E-state index contributed by atoms with van der Waals surface area (Å²) in [5, 5.41) is 0.706. The fourth-order valence-corrected chi connectivity index (χ4v) is 7.21. The molecule has 1 atom stereocenters.